The highest BCUT2D eigenvalue weighted by Gasteiger charge is 2.19. The molecule has 2 aromatic heterocycles. The van der Waals surface area contributed by atoms with Crippen LogP contribution in [0.3, 0.4) is 0 Å². The molecule has 0 unspecified atom stereocenters. The molecule has 0 aliphatic carbocycles. The number of anilines is 1. The second kappa shape index (κ2) is 6.02. The van der Waals surface area contributed by atoms with E-state index >= 15 is 0 Å². The normalized spacial score (nSPS) is 19.3. The highest BCUT2D eigenvalue weighted by molar-refractivity contribution is 5.51. The maximum absolute atomic E-state index is 5.85. The smallest absolute Gasteiger partial charge is 0.157 e. The molecule has 0 N–H and O–H groups in total. The van der Waals surface area contributed by atoms with Gasteiger partial charge in [-0.25, -0.2) is 4.98 Å². The van der Waals surface area contributed by atoms with Gasteiger partial charge in [0.25, 0.3) is 0 Å². The molecule has 1 atom stereocenters. The standard InChI is InChI=1S/C16H24N4O/c1-12(2)14-10-16(20-15(18-14)7-8-17-20)19(3)11-13-6-4-5-9-21-13/h7-8,10,12-13H,4-6,9,11H2,1-3H3/t13-/m0/s1. The summed E-state index contributed by atoms with van der Waals surface area (Å²) in [5.74, 6) is 1.49. The van der Waals surface area contributed by atoms with Gasteiger partial charge in [-0.15, -0.1) is 0 Å². The first kappa shape index (κ1) is 14.3. The molecular weight excluding hydrogens is 264 g/mol. The van der Waals surface area contributed by atoms with E-state index in [1.807, 2.05) is 10.6 Å². The van der Waals surface area contributed by atoms with Gasteiger partial charge in [0.2, 0.25) is 0 Å². The van der Waals surface area contributed by atoms with Crippen molar-refractivity contribution in [3.05, 3.63) is 24.0 Å². The highest BCUT2D eigenvalue weighted by Crippen LogP contribution is 2.22. The molecule has 5 nitrogen and oxygen atoms in total. The Balaban J connectivity index is 1.88. The predicted octanol–water partition coefficient (Wildman–Crippen LogP) is 2.86. The van der Waals surface area contributed by atoms with E-state index in [2.05, 4.69) is 41.9 Å². The summed E-state index contributed by atoms with van der Waals surface area (Å²) in [6, 6.07) is 4.10. The van der Waals surface area contributed by atoms with Gasteiger partial charge in [-0.2, -0.15) is 9.61 Å². The van der Waals surface area contributed by atoms with Crippen LogP contribution in [-0.4, -0.2) is 40.9 Å². The summed E-state index contributed by atoms with van der Waals surface area (Å²) in [6.07, 6.45) is 5.74. The first-order chi connectivity index (χ1) is 10.1. The third-order valence-corrected chi connectivity index (χ3v) is 4.09. The van der Waals surface area contributed by atoms with Crippen LogP contribution in [-0.2, 0) is 4.74 Å². The van der Waals surface area contributed by atoms with E-state index < -0.39 is 0 Å². The Hall–Kier alpha value is -1.62. The van der Waals surface area contributed by atoms with Crippen LogP contribution in [0.4, 0.5) is 5.82 Å². The Kier molecular flexibility index (Phi) is 4.10. The Morgan fingerprint density at radius 3 is 3.00 bits per heavy atom. The third kappa shape index (κ3) is 3.02. The van der Waals surface area contributed by atoms with E-state index in [9.17, 15) is 0 Å². The highest BCUT2D eigenvalue weighted by atomic mass is 16.5. The summed E-state index contributed by atoms with van der Waals surface area (Å²) in [5, 5.41) is 4.40. The Labute approximate surface area is 125 Å². The van der Waals surface area contributed by atoms with Gasteiger partial charge in [0.15, 0.2) is 5.65 Å². The minimum absolute atomic E-state index is 0.324. The SMILES string of the molecule is CC(C)c1cc(N(C)C[C@@H]2CCCCO2)n2nccc2n1. The molecule has 1 aliphatic rings. The van der Waals surface area contributed by atoms with E-state index in [4.69, 9.17) is 4.74 Å². The Morgan fingerprint density at radius 1 is 1.43 bits per heavy atom. The van der Waals surface area contributed by atoms with Crippen LogP contribution < -0.4 is 4.90 Å². The molecule has 0 saturated carbocycles. The van der Waals surface area contributed by atoms with Crippen molar-refractivity contribution in [1.29, 1.82) is 0 Å². The molecule has 1 fully saturated rings. The quantitative estimate of drug-likeness (QED) is 0.867. The van der Waals surface area contributed by atoms with Crippen LogP contribution in [0.15, 0.2) is 18.3 Å². The van der Waals surface area contributed by atoms with Crippen molar-refractivity contribution in [3.8, 4) is 0 Å². The number of fused-ring (bicyclic) bond motifs is 1. The van der Waals surface area contributed by atoms with Crippen LogP contribution in [0.5, 0.6) is 0 Å². The first-order valence-corrected chi connectivity index (χ1v) is 7.82. The van der Waals surface area contributed by atoms with Crippen LogP contribution in [0.1, 0.15) is 44.7 Å². The van der Waals surface area contributed by atoms with Gasteiger partial charge in [0.1, 0.15) is 5.82 Å². The van der Waals surface area contributed by atoms with Gasteiger partial charge in [0.05, 0.1) is 12.3 Å². The van der Waals surface area contributed by atoms with Crippen molar-refractivity contribution in [3.63, 3.8) is 0 Å². The lowest BCUT2D eigenvalue weighted by Crippen LogP contribution is -2.34. The van der Waals surface area contributed by atoms with E-state index in [0.29, 0.717) is 12.0 Å². The second-order valence-electron chi connectivity index (χ2n) is 6.16. The van der Waals surface area contributed by atoms with Gasteiger partial charge >= 0.3 is 0 Å². The molecule has 0 aromatic carbocycles. The number of likely N-dealkylation sites (N-methyl/N-ethyl adjacent to an activating group) is 1. The molecule has 21 heavy (non-hydrogen) atoms. The lowest BCUT2D eigenvalue weighted by Gasteiger charge is -2.29. The summed E-state index contributed by atoms with van der Waals surface area (Å²) < 4.78 is 7.77. The maximum Gasteiger partial charge on any atom is 0.157 e. The van der Waals surface area contributed by atoms with E-state index in [1.165, 1.54) is 12.8 Å². The van der Waals surface area contributed by atoms with Crippen molar-refractivity contribution in [2.45, 2.75) is 45.1 Å². The minimum atomic E-state index is 0.324. The van der Waals surface area contributed by atoms with Gasteiger partial charge in [-0.05, 0) is 25.2 Å². The van der Waals surface area contributed by atoms with Crippen molar-refractivity contribution in [2.24, 2.45) is 0 Å². The van der Waals surface area contributed by atoms with Crippen LogP contribution >= 0.6 is 0 Å². The number of aromatic nitrogens is 3. The molecular formula is C16H24N4O. The topological polar surface area (TPSA) is 42.7 Å². The van der Waals surface area contributed by atoms with E-state index in [0.717, 1.165) is 36.7 Å². The number of hydrogen-bond acceptors (Lipinski definition) is 4. The molecule has 0 bridgehead atoms. The van der Waals surface area contributed by atoms with Crippen molar-refractivity contribution in [2.75, 3.05) is 25.1 Å². The van der Waals surface area contributed by atoms with Gasteiger partial charge < -0.3 is 9.64 Å². The average Bonchev–Trinajstić information content (AvgIpc) is 2.95. The molecule has 1 saturated heterocycles. The van der Waals surface area contributed by atoms with E-state index in [-0.39, 0.29) is 0 Å². The molecule has 3 heterocycles. The molecule has 0 spiro atoms. The molecule has 0 radical (unpaired) electrons. The minimum Gasteiger partial charge on any atom is -0.376 e. The van der Waals surface area contributed by atoms with Crippen molar-refractivity contribution < 1.29 is 4.74 Å². The fraction of sp³-hybridized carbons (Fsp3) is 0.625. The van der Waals surface area contributed by atoms with E-state index in [1.54, 1.807) is 6.20 Å². The van der Waals surface area contributed by atoms with Crippen LogP contribution in [0, 0.1) is 0 Å². The Bertz CT molecular complexity index is 601. The fourth-order valence-corrected chi connectivity index (χ4v) is 2.83. The summed E-state index contributed by atoms with van der Waals surface area (Å²) in [6.45, 7) is 6.13. The first-order valence-electron chi connectivity index (χ1n) is 7.82. The van der Waals surface area contributed by atoms with Crippen molar-refractivity contribution in [1.82, 2.24) is 14.6 Å². The zero-order valence-corrected chi connectivity index (χ0v) is 13.1. The van der Waals surface area contributed by atoms with Gasteiger partial charge in [-0.3, -0.25) is 0 Å². The molecule has 1 aliphatic heterocycles. The zero-order chi connectivity index (χ0) is 14.8. The molecule has 5 heteroatoms. The predicted molar refractivity (Wildman–Crippen MR) is 83.9 cm³/mol. The average molecular weight is 288 g/mol. The number of nitrogens with zero attached hydrogens (tertiary/aromatic N) is 4. The number of ether oxygens (including phenoxy) is 1. The zero-order valence-electron chi connectivity index (χ0n) is 13.1. The largest absolute Gasteiger partial charge is 0.376 e. The summed E-state index contributed by atoms with van der Waals surface area (Å²) in [7, 11) is 2.11. The third-order valence-electron chi connectivity index (χ3n) is 4.09. The molecule has 114 valence electrons. The molecule has 2 aromatic rings. The van der Waals surface area contributed by atoms with Gasteiger partial charge in [-0.1, -0.05) is 13.8 Å². The summed E-state index contributed by atoms with van der Waals surface area (Å²) >= 11 is 0. The lowest BCUT2D eigenvalue weighted by atomic mass is 10.1. The number of rotatable bonds is 4. The van der Waals surface area contributed by atoms with Gasteiger partial charge in [0, 0.05) is 38.0 Å². The summed E-state index contributed by atoms with van der Waals surface area (Å²) in [5.41, 5.74) is 2.02. The fourth-order valence-electron chi connectivity index (χ4n) is 2.83. The number of hydrogen-bond donors (Lipinski definition) is 0. The second-order valence-corrected chi connectivity index (χ2v) is 6.16. The van der Waals surface area contributed by atoms with Crippen LogP contribution in [0.2, 0.25) is 0 Å². The molecule has 0 amide bonds. The monoisotopic (exact) mass is 288 g/mol. The van der Waals surface area contributed by atoms with Crippen LogP contribution in [0.25, 0.3) is 5.65 Å². The maximum atomic E-state index is 5.85. The Morgan fingerprint density at radius 2 is 2.29 bits per heavy atom. The molecule has 3 rings (SSSR count). The van der Waals surface area contributed by atoms with Crippen molar-refractivity contribution >= 4 is 11.5 Å². The summed E-state index contributed by atoms with van der Waals surface area (Å²) in [4.78, 5) is 6.91. The lowest BCUT2D eigenvalue weighted by molar-refractivity contribution is 0.0215.